The number of aromatic nitrogens is 5. The van der Waals surface area contributed by atoms with Gasteiger partial charge in [0.15, 0.2) is 5.65 Å². The lowest BCUT2D eigenvalue weighted by Gasteiger charge is -2.19. The van der Waals surface area contributed by atoms with Gasteiger partial charge in [-0.2, -0.15) is 0 Å². The van der Waals surface area contributed by atoms with Crippen molar-refractivity contribution in [2.75, 3.05) is 5.32 Å². The molecule has 0 bridgehead atoms. The van der Waals surface area contributed by atoms with Crippen LogP contribution in [0.3, 0.4) is 0 Å². The molecule has 120 valence electrons. The van der Waals surface area contributed by atoms with Crippen LogP contribution in [0.4, 0.5) is 5.82 Å². The van der Waals surface area contributed by atoms with Gasteiger partial charge in [0.2, 0.25) is 0 Å². The monoisotopic (exact) mass is 336 g/mol. The van der Waals surface area contributed by atoms with Crippen LogP contribution in [0.15, 0.2) is 53.9 Å². The van der Waals surface area contributed by atoms with E-state index in [1.165, 1.54) is 20.6 Å². The van der Waals surface area contributed by atoms with Gasteiger partial charge >= 0.3 is 0 Å². The Morgan fingerprint density at radius 2 is 2.00 bits per heavy atom. The number of fused-ring (bicyclic) bond motifs is 1. The van der Waals surface area contributed by atoms with E-state index in [0.29, 0.717) is 5.65 Å². The number of tetrazole rings is 1. The number of nitrogens with zero attached hydrogens (tertiary/aromatic N) is 5. The molecular weight excluding hydrogens is 320 g/mol. The molecule has 0 saturated carbocycles. The molecule has 0 radical (unpaired) electrons. The van der Waals surface area contributed by atoms with E-state index in [9.17, 15) is 0 Å². The Morgan fingerprint density at radius 3 is 2.79 bits per heavy atom. The van der Waals surface area contributed by atoms with Gasteiger partial charge < -0.3 is 5.32 Å². The average molecular weight is 336 g/mol. The fraction of sp³-hybridized carbons (Fsp3) is 0.176. The fourth-order valence-corrected chi connectivity index (χ4v) is 3.68. The zero-order valence-electron chi connectivity index (χ0n) is 13.1. The highest BCUT2D eigenvalue weighted by molar-refractivity contribution is 7.10. The third-order valence-corrected chi connectivity index (χ3v) is 5.03. The molecule has 1 atom stereocenters. The Bertz CT molecular complexity index is 946. The number of anilines is 1. The number of rotatable bonds is 5. The first-order chi connectivity index (χ1) is 11.8. The molecule has 0 aliphatic carbocycles. The standard InChI is InChI=1S/C17H16N6S/c1-12-9-10-24-17(12)14(11-13-5-3-2-4-6-13)18-15-7-8-16-19-21-22-23(16)20-15/h2-10,14H,11H2,1H3,(H,18,20)/t14-/m1/s1. The van der Waals surface area contributed by atoms with E-state index in [1.54, 1.807) is 11.3 Å². The van der Waals surface area contributed by atoms with Crippen LogP contribution in [0.25, 0.3) is 5.65 Å². The Balaban J connectivity index is 1.65. The maximum absolute atomic E-state index is 4.43. The molecule has 0 fully saturated rings. The number of thiophene rings is 1. The van der Waals surface area contributed by atoms with Gasteiger partial charge in [-0.05, 0) is 58.5 Å². The predicted octanol–water partition coefficient (Wildman–Crippen LogP) is 3.29. The second-order valence-corrected chi connectivity index (χ2v) is 6.55. The Hall–Kier alpha value is -2.80. The molecule has 3 aromatic heterocycles. The molecule has 4 rings (SSSR count). The first-order valence-electron chi connectivity index (χ1n) is 7.69. The molecule has 4 aromatic rings. The quantitative estimate of drug-likeness (QED) is 0.606. The van der Waals surface area contributed by atoms with Gasteiger partial charge in [0.05, 0.1) is 6.04 Å². The van der Waals surface area contributed by atoms with Crippen molar-refractivity contribution >= 4 is 22.8 Å². The van der Waals surface area contributed by atoms with Crippen LogP contribution >= 0.6 is 11.3 Å². The van der Waals surface area contributed by atoms with Crippen molar-refractivity contribution < 1.29 is 0 Å². The lowest BCUT2D eigenvalue weighted by atomic mass is 10.0. The highest BCUT2D eigenvalue weighted by Crippen LogP contribution is 2.29. The molecule has 3 heterocycles. The summed E-state index contributed by atoms with van der Waals surface area (Å²) in [6, 6.07) is 16.5. The Labute approximate surface area is 143 Å². The molecule has 0 spiro atoms. The van der Waals surface area contributed by atoms with E-state index in [-0.39, 0.29) is 6.04 Å². The largest absolute Gasteiger partial charge is 0.361 e. The number of hydrogen-bond acceptors (Lipinski definition) is 6. The van der Waals surface area contributed by atoms with Crippen molar-refractivity contribution in [1.82, 2.24) is 25.3 Å². The Morgan fingerprint density at radius 1 is 1.12 bits per heavy atom. The fourth-order valence-electron chi connectivity index (χ4n) is 2.71. The SMILES string of the molecule is Cc1ccsc1[C@@H](Cc1ccccc1)Nc1ccc2nnnn2n1. The summed E-state index contributed by atoms with van der Waals surface area (Å²) in [7, 11) is 0. The van der Waals surface area contributed by atoms with E-state index in [2.05, 4.69) is 68.6 Å². The van der Waals surface area contributed by atoms with Crippen molar-refractivity contribution in [1.29, 1.82) is 0 Å². The zero-order chi connectivity index (χ0) is 16.4. The van der Waals surface area contributed by atoms with Gasteiger partial charge in [-0.25, -0.2) is 0 Å². The topological polar surface area (TPSA) is 68.0 Å². The van der Waals surface area contributed by atoms with Gasteiger partial charge in [0.1, 0.15) is 5.82 Å². The molecule has 24 heavy (non-hydrogen) atoms. The highest BCUT2D eigenvalue weighted by atomic mass is 32.1. The minimum Gasteiger partial charge on any atom is -0.361 e. The van der Waals surface area contributed by atoms with Crippen molar-refractivity contribution in [2.45, 2.75) is 19.4 Å². The second kappa shape index (κ2) is 6.37. The van der Waals surface area contributed by atoms with Crippen LogP contribution in [0.5, 0.6) is 0 Å². The molecule has 0 saturated heterocycles. The van der Waals surface area contributed by atoms with E-state index >= 15 is 0 Å². The van der Waals surface area contributed by atoms with Crippen LogP contribution in [0, 0.1) is 6.92 Å². The molecular formula is C17H16N6S. The van der Waals surface area contributed by atoms with E-state index in [4.69, 9.17) is 0 Å². The van der Waals surface area contributed by atoms with Crippen molar-refractivity contribution in [3.05, 3.63) is 69.9 Å². The molecule has 7 heteroatoms. The summed E-state index contributed by atoms with van der Waals surface area (Å²) in [5.74, 6) is 0.753. The van der Waals surface area contributed by atoms with Gasteiger partial charge in [-0.15, -0.1) is 26.2 Å². The first-order valence-corrected chi connectivity index (χ1v) is 8.57. The van der Waals surface area contributed by atoms with Crippen molar-refractivity contribution in [3.8, 4) is 0 Å². The molecule has 1 N–H and O–H groups in total. The molecule has 0 amide bonds. The second-order valence-electron chi connectivity index (χ2n) is 5.60. The van der Waals surface area contributed by atoms with Crippen LogP contribution in [-0.4, -0.2) is 25.3 Å². The van der Waals surface area contributed by atoms with Crippen molar-refractivity contribution in [2.24, 2.45) is 0 Å². The minimum absolute atomic E-state index is 0.147. The van der Waals surface area contributed by atoms with Crippen molar-refractivity contribution in [3.63, 3.8) is 0 Å². The maximum Gasteiger partial charge on any atom is 0.200 e. The summed E-state index contributed by atoms with van der Waals surface area (Å²) < 4.78 is 1.43. The summed E-state index contributed by atoms with van der Waals surface area (Å²) >= 11 is 1.76. The summed E-state index contributed by atoms with van der Waals surface area (Å²) in [6.07, 6.45) is 0.886. The van der Waals surface area contributed by atoms with Crippen LogP contribution in [0.1, 0.15) is 22.0 Å². The molecule has 0 aliphatic rings. The zero-order valence-corrected chi connectivity index (χ0v) is 13.9. The van der Waals surface area contributed by atoms with Crippen LogP contribution < -0.4 is 5.32 Å². The van der Waals surface area contributed by atoms with Crippen LogP contribution in [-0.2, 0) is 6.42 Å². The third-order valence-electron chi connectivity index (χ3n) is 3.89. The predicted molar refractivity (Wildman–Crippen MR) is 94.1 cm³/mol. The third kappa shape index (κ3) is 2.98. The summed E-state index contributed by atoms with van der Waals surface area (Å²) in [5.41, 5.74) is 3.20. The number of benzene rings is 1. The lowest BCUT2D eigenvalue weighted by molar-refractivity contribution is 0.718. The van der Waals surface area contributed by atoms with Gasteiger partial charge in [0, 0.05) is 4.88 Å². The average Bonchev–Trinajstić information content (AvgIpc) is 3.23. The van der Waals surface area contributed by atoms with Gasteiger partial charge in [-0.1, -0.05) is 30.3 Å². The summed E-state index contributed by atoms with van der Waals surface area (Å²) in [4.78, 5) is 1.32. The first kappa shape index (κ1) is 14.8. The minimum atomic E-state index is 0.147. The van der Waals surface area contributed by atoms with Crippen LogP contribution in [0.2, 0.25) is 0 Å². The number of aryl methyl sites for hydroxylation is 1. The number of hydrogen-bond donors (Lipinski definition) is 1. The maximum atomic E-state index is 4.43. The summed E-state index contributed by atoms with van der Waals surface area (Å²) in [6.45, 7) is 2.14. The van der Waals surface area contributed by atoms with Gasteiger partial charge in [-0.3, -0.25) is 0 Å². The molecule has 6 nitrogen and oxygen atoms in total. The number of nitrogens with one attached hydrogen (secondary N) is 1. The summed E-state index contributed by atoms with van der Waals surface area (Å²) in [5, 5.41) is 21.5. The molecule has 0 unspecified atom stereocenters. The van der Waals surface area contributed by atoms with E-state index < -0.39 is 0 Å². The van der Waals surface area contributed by atoms with E-state index in [1.807, 2.05) is 18.2 Å². The highest BCUT2D eigenvalue weighted by Gasteiger charge is 2.17. The lowest BCUT2D eigenvalue weighted by Crippen LogP contribution is -2.15. The molecule has 0 aliphatic heterocycles. The van der Waals surface area contributed by atoms with E-state index in [0.717, 1.165) is 12.2 Å². The molecule has 1 aromatic carbocycles. The van der Waals surface area contributed by atoms with Gasteiger partial charge in [0.25, 0.3) is 0 Å². The smallest absolute Gasteiger partial charge is 0.200 e. The Kier molecular flexibility index (Phi) is 3.92. The normalized spacial score (nSPS) is 12.4.